The summed E-state index contributed by atoms with van der Waals surface area (Å²) >= 11 is 0. The smallest absolute Gasteiger partial charge is 0.279 e. The Hall–Kier alpha value is 0.120. The maximum Gasteiger partial charge on any atom is 0.279 e. The molecule has 92 valence electrons. The van der Waals surface area contributed by atoms with Gasteiger partial charge < -0.3 is 5.73 Å². The van der Waals surface area contributed by atoms with Crippen LogP contribution in [0.4, 0.5) is 0 Å². The lowest BCUT2D eigenvalue weighted by Crippen LogP contribution is -2.48. The Kier molecular flexibility index (Phi) is 6.70. The van der Waals surface area contributed by atoms with E-state index < -0.39 is 10.2 Å². The molecule has 0 aromatic heterocycles. The Morgan fingerprint density at radius 1 is 1.33 bits per heavy atom. The third-order valence-electron chi connectivity index (χ3n) is 2.36. The Labute approximate surface area is 98.0 Å². The normalized spacial score (nSPS) is 20.7. The fraction of sp³-hybridized carbons (Fsp3) is 1.00. The van der Waals surface area contributed by atoms with Crippen molar-refractivity contribution in [2.24, 2.45) is 5.73 Å². The first kappa shape index (κ1) is 15.1. The van der Waals surface area contributed by atoms with E-state index in [-0.39, 0.29) is 18.4 Å². The van der Waals surface area contributed by atoms with Crippen LogP contribution in [0.5, 0.6) is 0 Å². The predicted octanol–water partition coefficient (Wildman–Crippen LogP) is 0.0757. The number of rotatable bonds is 4. The van der Waals surface area contributed by atoms with Crippen molar-refractivity contribution in [2.45, 2.75) is 32.2 Å². The number of nitrogens with zero attached hydrogens (tertiary/aromatic N) is 1. The highest BCUT2D eigenvalue weighted by atomic mass is 35.5. The van der Waals surface area contributed by atoms with Crippen LogP contribution in [0.3, 0.4) is 0 Å². The molecule has 1 rings (SSSR count). The minimum atomic E-state index is -3.29. The Balaban J connectivity index is 0.00000196. The highest BCUT2D eigenvalue weighted by molar-refractivity contribution is 7.87. The molecule has 1 fully saturated rings. The Bertz CT molecular complexity index is 265. The van der Waals surface area contributed by atoms with E-state index in [0.29, 0.717) is 19.6 Å². The molecular formula is C8H20ClN3O2S. The zero-order valence-corrected chi connectivity index (χ0v) is 10.6. The molecule has 0 spiro atoms. The summed E-state index contributed by atoms with van der Waals surface area (Å²) < 4.78 is 27.5. The minimum Gasteiger partial charge on any atom is -0.329 e. The van der Waals surface area contributed by atoms with Crippen LogP contribution >= 0.6 is 12.4 Å². The summed E-state index contributed by atoms with van der Waals surface area (Å²) in [6, 6.07) is -0.193. The van der Waals surface area contributed by atoms with Gasteiger partial charge in [0, 0.05) is 25.7 Å². The van der Waals surface area contributed by atoms with E-state index in [1.54, 1.807) is 6.92 Å². The molecule has 0 aromatic carbocycles. The molecule has 3 N–H and O–H groups in total. The van der Waals surface area contributed by atoms with Gasteiger partial charge in [0.1, 0.15) is 0 Å². The van der Waals surface area contributed by atoms with Crippen LogP contribution in [-0.4, -0.2) is 38.4 Å². The second kappa shape index (κ2) is 6.65. The van der Waals surface area contributed by atoms with Crippen LogP contribution in [-0.2, 0) is 10.2 Å². The zero-order valence-electron chi connectivity index (χ0n) is 8.98. The second-order valence-electron chi connectivity index (χ2n) is 3.72. The highest BCUT2D eigenvalue weighted by Gasteiger charge is 2.24. The van der Waals surface area contributed by atoms with Crippen LogP contribution < -0.4 is 10.5 Å². The topological polar surface area (TPSA) is 75.4 Å². The summed E-state index contributed by atoms with van der Waals surface area (Å²) in [6.07, 6.45) is 3.04. The van der Waals surface area contributed by atoms with Crippen molar-refractivity contribution in [3.05, 3.63) is 0 Å². The van der Waals surface area contributed by atoms with Crippen LogP contribution in [0.15, 0.2) is 0 Å². The molecule has 0 saturated carbocycles. The molecule has 0 unspecified atom stereocenters. The Morgan fingerprint density at radius 2 is 1.87 bits per heavy atom. The number of halogens is 1. The van der Waals surface area contributed by atoms with Gasteiger partial charge in [-0.1, -0.05) is 6.42 Å². The lowest BCUT2D eigenvalue weighted by atomic mass is 10.2. The van der Waals surface area contributed by atoms with Crippen molar-refractivity contribution >= 4 is 22.6 Å². The SMILES string of the molecule is C[C@@H](CN)NS(=O)(=O)N1CCCCC1.Cl. The fourth-order valence-electron chi connectivity index (χ4n) is 1.48. The van der Waals surface area contributed by atoms with E-state index in [1.807, 2.05) is 0 Å². The highest BCUT2D eigenvalue weighted by Crippen LogP contribution is 2.11. The van der Waals surface area contributed by atoms with Gasteiger partial charge in [-0.3, -0.25) is 0 Å². The van der Waals surface area contributed by atoms with Gasteiger partial charge in [0.05, 0.1) is 0 Å². The largest absolute Gasteiger partial charge is 0.329 e. The van der Waals surface area contributed by atoms with Crippen molar-refractivity contribution < 1.29 is 8.42 Å². The number of piperidine rings is 1. The maximum absolute atomic E-state index is 11.7. The monoisotopic (exact) mass is 257 g/mol. The van der Waals surface area contributed by atoms with Gasteiger partial charge in [0.25, 0.3) is 10.2 Å². The number of hydrogen-bond donors (Lipinski definition) is 2. The molecule has 15 heavy (non-hydrogen) atoms. The molecule has 1 atom stereocenters. The van der Waals surface area contributed by atoms with Crippen molar-refractivity contribution in [1.82, 2.24) is 9.03 Å². The molecular weight excluding hydrogens is 238 g/mol. The summed E-state index contributed by atoms with van der Waals surface area (Å²) in [5.41, 5.74) is 5.36. The number of nitrogens with one attached hydrogen (secondary N) is 1. The summed E-state index contributed by atoms with van der Waals surface area (Å²) in [7, 11) is -3.29. The van der Waals surface area contributed by atoms with Crippen LogP contribution in [0.1, 0.15) is 26.2 Å². The molecule has 1 aliphatic heterocycles. The van der Waals surface area contributed by atoms with Crippen molar-refractivity contribution in [1.29, 1.82) is 0 Å². The third kappa shape index (κ3) is 4.65. The molecule has 0 aliphatic carbocycles. The van der Waals surface area contributed by atoms with Crippen LogP contribution in [0.25, 0.3) is 0 Å². The van der Waals surface area contributed by atoms with Crippen molar-refractivity contribution in [3.8, 4) is 0 Å². The first-order chi connectivity index (χ1) is 6.56. The molecule has 0 amide bonds. The fourth-order valence-corrected chi connectivity index (χ4v) is 2.97. The van der Waals surface area contributed by atoms with Crippen molar-refractivity contribution in [3.63, 3.8) is 0 Å². The van der Waals surface area contributed by atoms with E-state index in [9.17, 15) is 8.42 Å². The van der Waals surface area contributed by atoms with E-state index >= 15 is 0 Å². The lowest BCUT2D eigenvalue weighted by Gasteiger charge is -2.27. The summed E-state index contributed by atoms with van der Waals surface area (Å²) in [5.74, 6) is 0. The van der Waals surface area contributed by atoms with Gasteiger partial charge in [-0.25, -0.2) is 0 Å². The summed E-state index contributed by atoms with van der Waals surface area (Å²) in [4.78, 5) is 0. The first-order valence-corrected chi connectivity index (χ1v) is 6.48. The van der Waals surface area contributed by atoms with Gasteiger partial charge in [0.15, 0.2) is 0 Å². The summed E-state index contributed by atoms with van der Waals surface area (Å²) in [5, 5.41) is 0. The average molecular weight is 258 g/mol. The van der Waals surface area contributed by atoms with Gasteiger partial charge in [0.2, 0.25) is 0 Å². The van der Waals surface area contributed by atoms with Gasteiger partial charge in [-0.15, -0.1) is 12.4 Å². The average Bonchev–Trinajstić information content (AvgIpc) is 2.18. The van der Waals surface area contributed by atoms with Gasteiger partial charge >= 0.3 is 0 Å². The lowest BCUT2D eigenvalue weighted by molar-refractivity contribution is 0.339. The van der Waals surface area contributed by atoms with E-state index in [0.717, 1.165) is 19.3 Å². The molecule has 5 nitrogen and oxygen atoms in total. The van der Waals surface area contributed by atoms with Crippen LogP contribution in [0, 0.1) is 0 Å². The minimum absolute atomic E-state index is 0. The van der Waals surface area contributed by atoms with Crippen molar-refractivity contribution in [2.75, 3.05) is 19.6 Å². The van der Waals surface area contributed by atoms with Gasteiger partial charge in [-0.05, 0) is 19.8 Å². The molecule has 1 saturated heterocycles. The molecule has 0 bridgehead atoms. The quantitative estimate of drug-likeness (QED) is 0.749. The zero-order chi connectivity index (χ0) is 10.6. The number of hydrogen-bond acceptors (Lipinski definition) is 3. The molecule has 0 radical (unpaired) electrons. The molecule has 0 aromatic rings. The number of nitrogens with two attached hydrogens (primary N) is 1. The Morgan fingerprint density at radius 3 is 2.33 bits per heavy atom. The van der Waals surface area contributed by atoms with Gasteiger partial charge in [-0.2, -0.15) is 17.4 Å². The maximum atomic E-state index is 11.7. The molecule has 1 aliphatic rings. The molecule has 1 heterocycles. The molecule has 7 heteroatoms. The van der Waals surface area contributed by atoms with E-state index in [2.05, 4.69) is 4.72 Å². The summed E-state index contributed by atoms with van der Waals surface area (Å²) in [6.45, 7) is 3.35. The van der Waals surface area contributed by atoms with E-state index in [1.165, 1.54) is 4.31 Å². The first-order valence-electron chi connectivity index (χ1n) is 5.04. The third-order valence-corrected chi connectivity index (χ3v) is 4.10. The second-order valence-corrected chi connectivity index (χ2v) is 5.42. The van der Waals surface area contributed by atoms with E-state index in [4.69, 9.17) is 5.73 Å². The standard InChI is InChI=1S/C8H19N3O2S.ClH/c1-8(7-9)10-14(12,13)11-5-3-2-4-6-11;/h8,10H,2-7,9H2,1H3;1H/t8-;/m0./s1. The predicted molar refractivity (Wildman–Crippen MR) is 63.2 cm³/mol. The van der Waals surface area contributed by atoms with Crippen LogP contribution in [0.2, 0.25) is 0 Å².